The molecule has 0 radical (unpaired) electrons. The van der Waals surface area contributed by atoms with Crippen LogP contribution in [0.1, 0.15) is 37.5 Å². The molecule has 0 bridgehead atoms. The molecule has 1 aliphatic rings. The number of hydrogen-bond donors (Lipinski definition) is 0. The highest BCUT2D eigenvalue weighted by atomic mass is 35.5. The number of hydrogen-bond acceptors (Lipinski definition) is 1. The van der Waals surface area contributed by atoms with Crippen molar-refractivity contribution in [3.05, 3.63) is 30.1 Å². The van der Waals surface area contributed by atoms with Gasteiger partial charge in [0.15, 0.2) is 0 Å². The maximum atomic E-state index is 6.00. The summed E-state index contributed by atoms with van der Waals surface area (Å²) in [7, 11) is 0. The molecular formula is C13H15ClN2. The van der Waals surface area contributed by atoms with E-state index in [0.717, 1.165) is 11.3 Å². The molecule has 1 aromatic heterocycles. The van der Waals surface area contributed by atoms with E-state index in [0.29, 0.717) is 11.9 Å². The van der Waals surface area contributed by atoms with Crippen LogP contribution in [0, 0.1) is 0 Å². The van der Waals surface area contributed by atoms with Crippen LogP contribution in [0.15, 0.2) is 24.3 Å². The van der Waals surface area contributed by atoms with E-state index < -0.39 is 0 Å². The van der Waals surface area contributed by atoms with E-state index in [-0.39, 0.29) is 0 Å². The van der Waals surface area contributed by atoms with Gasteiger partial charge in [-0.2, -0.15) is 0 Å². The topological polar surface area (TPSA) is 17.8 Å². The minimum atomic E-state index is 0.505. The standard InChI is InChI=1S/C13H15ClN2/c14-9-13-15-11-7-3-4-8-12(11)16(13)10-5-1-2-6-10/h3-4,7-8,10H,1-2,5-6,9H2. The van der Waals surface area contributed by atoms with Crippen LogP contribution < -0.4 is 0 Å². The summed E-state index contributed by atoms with van der Waals surface area (Å²) in [6.45, 7) is 0. The van der Waals surface area contributed by atoms with Gasteiger partial charge in [0.2, 0.25) is 0 Å². The van der Waals surface area contributed by atoms with Gasteiger partial charge in [-0.15, -0.1) is 11.6 Å². The van der Waals surface area contributed by atoms with E-state index in [1.54, 1.807) is 0 Å². The molecule has 1 saturated carbocycles. The van der Waals surface area contributed by atoms with Gasteiger partial charge in [-0.1, -0.05) is 25.0 Å². The van der Waals surface area contributed by atoms with Crippen molar-refractivity contribution in [2.75, 3.05) is 0 Å². The second-order valence-electron chi connectivity index (χ2n) is 4.46. The number of rotatable bonds is 2. The molecule has 2 aromatic rings. The van der Waals surface area contributed by atoms with Crippen LogP contribution in [0.2, 0.25) is 0 Å². The first-order valence-corrected chi connectivity index (χ1v) is 6.45. The zero-order valence-electron chi connectivity index (χ0n) is 9.19. The van der Waals surface area contributed by atoms with Crippen LogP contribution in [0.4, 0.5) is 0 Å². The summed E-state index contributed by atoms with van der Waals surface area (Å²) in [6, 6.07) is 8.94. The summed E-state index contributed by atoms with van der Waals surface area (Å²) in [6.07, 6.45) is 5.20. The van der Waals surface area contributed by atoms with Crippen molar-refractivity contribution in [3.8, 4) is 0 Å². The molecule has 84 valence electrons. The molecule has 1 heterocycles. The number of halogens is 1. The van der Waals surface area contributed by atoms with Gasteiger partial charge in [0.1, 0.15) is 5.82 Å². The Morgan fingerprint density at radius 2 is 2.00 bits per heavy atom. The Balaban J connectivity index is 2.18. The van der Waals surface area contributed by atoms with Gasteiger partial charge in [-0.25, -0.2) is 4.98 Å². The second-order valence-corrected chi connectivity index (χ2v) is 4.73. The lowest BCUT2D eigenvalue weighted by Crippen LogP contribution is -2.07. The first-order valence-electron chi connectivity index (χ1n) is 5.92. The molecule has 2 nitrogen and oxygen atoms in total. The van der Waals surface area contributed by atoms with Crippen molar-refractivity contribution in [2.24, 2.45) is 0 Å². The number of imidazole rings is 1. The Bertz CT molecular complexity index is 498. The van der Waals surface area contributed by atoms with Crippen molar-refractivity contribution in [1.29, 1.82) is 0 Å². The van der Waals surface area contributed by atoms with Crippen LogP contribution in [0.5, 0.6) is 0 Å². The fourth-order valence-corrected chi connectivity index (χ4v) is 2.95. The van der Waals surface area contributed by atoms with Crippen LogP contribution in [0.25, 0.3) is 11.0 Å². The lowest BCUT2D eigenvalue weighted by atomic mass is 10.2. The summed E-state index contributed by atoms with van der Waals surface area (Å²) in [5.41, 5.74) is 2.31. The molecule has 1 aromatic carbocycles. The minimum Gasteiger partial charge on any atom is -0.324 e. The van der Waals surface area contributed by atoms with Gasteiger partial charge in [0, 0.05) is 6.04 Å². The monoisotopic (exact) mass is 234 g/mol. The lowest BCUT2D eigenvalue weighted by molar-refractivity contribution is 0.518. The third kappa shape index (κ3) is 1.52. The lowest BCUT2D eigenvalue weighted by Gasteiger charge is -2.15. The molecule has 16 heavy (non-hydrogen) atoms. The predicted octanol–water partition coefficient (Wildman–Crippen LogP) is 3.89. The average molecular weight is 235 g/mol. The maximum Gasteiger partial charge on any atom is 0.125 e. The van der Waals surface area contributed by atoms with Gasteiger partial charge >= 0.3 is 0 Å². The Hall–Kier alpha value is -1.02. The highest BCUT2D eigenvalue weighted by molar-refractivity contribution is 6.16. The van der Waals surface area contributed by atoms with Gasteiger partial charge in [0.05, 0.1) is 16.9 Å². The molecule has 0 unspecified atom stereocenters. The number of fused-ring (bicyclic) bond motifs is 1. The molecule has 0 atom stereocenters. The molecule has 0 N–H and O–H groups in total. The molecule has 0 amide bonds. The zero-order chi connectivity index (χ0) is 11.0. The minimum absolute atomic E-state index is 0.505. The van der Waals surface area contributed by atoms with Gasteiger partial charge < -0.3 is 4.57 Å². The van der Waals surface area contributed by atoms with Crippen molar-refractivity contribution < 1.29 is 0 Å². The molecule has 0 spiro atoms. The summed E-state index contributed by atoms with van der Waals surface area (Å²) in [4.78, 5) is 4.61. The fraction of sp³-hybridized carbons (Fsp3) is 0.462. The summed E-state index contributed by atoms with van der Waals surface area (Å²) in [5, 5.41) is 0. The van der Waals surface area contributed by atoms with Crippen molar-refractivity contribution in [1.82, 2.24) is 9.55 Å². The predicted molar refractivity (Wildman–Crippen MR) is 66.8 cm³/mol. The number of aromatic nitrogens is 2. The van der Waals surface area contributed by atoms with Crippen LogP contribution in [0.3, 0.4) is 0 Å². The van der Waals surface area contributed by atoms with E-state index in [1.165, 1.54) is 31.2 Å². The summed E-state index contributed by atoms with van der Waals surface area (Å²) >= 11 is 6.00. The van der Waals surface area contributed by atoms with Crippen LogP contribution >= 0.6 is 11.6 Å². The van der Waals surface area contributed by atoms with Gasteiger partial charge in [-0.05, 0) is 25.0 Å². The van der Waals surface area contributed by atoms with E-state index >= 15 is 0 Å². The fourth-order valence-electron chi connectivity index (χ4n) is 2.76. The third-order valence-electron chi connectivity index (χ3n) is 3.48. The molecule has 1 fully saturated rings. The number of benzene rings is 1. The van der Waals surface area contributed by atoms with E-state index in [1.807, 2.05) is 6.07 Å². The quantitative estimate of drug-likeness (QED) is 0.721. The van der Waals surface area contributed by atoms with Crippen molar-refractivity contribution >= 4 is 22.6 Å². The van der Waals surface area contributed by atoms with Crippen molar-refractivity contribution in [3.63, 3.8) is 0 Å². The van der Waals surface area contributed by atoms with E-state index in [9.17, 15) is 0 Å². The molecule has 3 heteroatoms. The Morgan fingerprint density at radius 1 is 1.25 bits per heavy atom. The number of nitrogens with zero attached hydrogens (tertiary/aromatic N) is 2. The molecule has 0 saturated heterocycles. The number of alkyl halides is 1. The van der Waals surface area contributed by atoms with Crippen molar-refractivity contribution in [2.45, 2.75) is 37.6 Å². The Kier molecular flexibility index (Phi) is 2.60. The summed E-state index contributed by atoms with van der Waals surface area (Å²) < 4.78 is 2.36. The first-order chi connectivity index (χ1) is 7.90. The zero-order valence-corrected chi connectivity index (χ0v) is 9.95. The van der Waals surface area contributed by atoms with Gasteiger partial charge in [0.25, 0.3) is 0 Å². The molecule has 0 aliphatic heterocycles. The van der Waals surface area contributed by atoms with E-state index in [4.69, 9.17) is 11.6 Å². The molecule has 3 rings (SSSR count). The smallest absolute Gasteiger partial charge is 0.125 e. The SMILES string of the molecule is ClCc1nc2ccccc2n1C1CCCC1. The Labute approximate surface area is 100 Å². The molecular weight excluding hydrogens is 220 g/mol. The summed E-state index contributed by atoms with van der Waals surface area (Å²) in [5.74, 6) is 1.53. The van der Waals surface area contributed by atoms with Crippen LogP contribution in [-0.4, -0.2) is 9.55 Å². The third-order valence-corrected chi connectivity index (χ3v) is 3.72. The Morgan fingerprint density at radius 3 is 2.75 bits per heavy atom. The second kappa shape index (κ2) is 4.10. The highest BCUT2D eigenvalue weighted by Gasteiger charge is 2.21. The molecule has 1 aliphatic carbocycles. The highest BCUT2D eigenvalue weighted by Crippen LogP contribution is 2.33. The normalized spacial score (nSPS) is 17.3. The maximum absolute atomic E-state index is 6.00. The van der Waals surface area contributed by atoms with Gasteiger partial charge in [-0.3, -0.25) is 0 Å². The van der Waals surface area contributed by atoms with Crippen LogP contribution in [-0.2, 0) is 5.88 Å². The number of para-hydroxylation sites is 2. The van der Waals surface area contributed by atoms with E-state index in [2.05, 4.69) is 27.8 Å². The largest absolute Gasteiger partial charge is 0.324 e. The average Bonchev–Trinajstić information content (AvgIpc) is 2.94. The first kappa shape index (κ1) is 10.2.